The molecule has 0 amide bonds. The van der Waals surface area contributed by atoms with E-state index in [9.17, 15) is 0 Å². The van der Waals surface area contributed by atoms with E-state index in [0.717, 1.165) is 34.5 Å². The van der Waals surface area contributed by atoms with Crippen molar-refractivity contribution in [3.05, 3.63) is 53.1 Å². The van der Waals surface area contributed by atoms with Crippen LogP contribution in [-0.2, 0) is 6.54 Å². The highest BCUT2D eigenvalue weighted by molar-refractivity contribution is 6.33. The molecule has 1 N–H and O–H groups in total. The van der Waals surface area contributed by atoms with Gasteiger partial charge in [-0.05, 0) is 49.1 Å². The predicted molar refractivity (Wildman–Crippen MR) is 87.9 cm³/mol. The molecule has 3 heteroatoms. The molecule has 0 spiro atoms. The number of halogens is 1. The van der Waals surface area contributed by atoms with Crippen molar-refractivity contribution in [1.29, 1.82) is 0 Å². The Morgan fingerprint density at radius 2 is 1.90 bits per heavy atom. The summed E-state index contributed by atoms with van der Waals surface area (Å²) in [4.78, 5) is 0. The van der Waals surface area contributed by atoms with Crippen molar-refractivity contribution in [3.63, 3.8) is 0 Å². The van der Waals surface area contributed by atoms with Crippen molar-refractivity contribution in [2.24, 2.45) is 0 Å². The van der Waals surface area contributed by atoms with Gasteiger partial charge in [-0.25, -0.2) is 0 Å². The van der Waals surface area contributed by atoms with Crippen molar-refractivity contribution in [1.82, 2.24) is 5.32 Å². The summed E-state index contributed by atoms with van der Waals surface area (Å²) in [5.74, 6) is 0.891. The summed E-state index contributed by atoms with van der Waals surface area (Å²) < 4.78 is 5.47. The van der Waals surface area contributed by atoms with Gasteiger partial charge in [-0.2, -0.15) is 0 Å². The summed E-state index contributed by atoms with van der Waals surface area (Å²) in [6, 6.07) is 15.1. The highest BCUT2D eigenvalue weighted by Crippen LogP contribution is 2.30. The largest absolute Gasteiger partial charge is 0.494 e. The molecule has 3 rings (SSSR count). The fourth-order valence-corrected chi connectivity index (χ4v) is 2.66. The van der Waals surface area contributed by atoms with Crippen LogP contribution in [0.3, 0.4) is 0 Å². The molecule has 0 saturated heterocycles. The van der Waals surface area contributed by atoms with Crippen LogP contribution in [-0.4, -0.2) is 12.6 Å². The Kier molecular flexibility index (Phi) is 4.47. The molecule has 2 aromatic rings. The van der Waals surface area contributed by atoms with Crippen molar-refractivity contribution >= 4 is 11.6 Å². The lowest BCUT2D eigenvalue weighted by Crippen LogP contribution is -2.15. The number of rotatable bonds is 6. The molecule has 21 heavy (non-hydrogen) atoms. The molecular weight excluding hydrogens is 282 g/mol. The second kappa shape index (κ2) is 6.50. The van der Waals surface area contributed by atoms with Gasteiger partial charge >= 0.3 is 0 Å². The van der Waals surface area contributed by atoms with Crippen LogP contribution in [0.25, 0.3) is 11.1 Å². The van der Waals surface area contributed by atoms with Crippen LogP contribution in [0.15, 0.2) is 42.5 Å². The maximum absolute atomic E-state index is 6.44. The lowest BCUT2D eigenvalue weighted by molar-refractivity contribution is 0.340. The van der Waals surface area contributed by atoms with Gasteiger partial charge in [-0.3, -0.25) is 0 Å². The summed E-state index contributed by atoms with van der Waals surface area (Å²) in [6.07, 6.45) is 2.61. The van der Waals surface area contributed by atoms with Gasteiger partial charge in [-0.1, -0.05) is 35.9 Å². The van der Waals surface area contributed by atoms with Gasteiger partial charge < -0.3 is 10.1 Å². The maximum atomic E-state index is 6.44. The fourth-order valence-electron chi connectivity index (χ4n) is 2.35. The SMILES string of the molecule is CCOc1ccc(-c2ccc(CNC3CC3)cc2Cl)cc1. The topological polar surface area (TPSA) is 21.3 Å². The average molecular weight is 302 g/mol. The van der Waals surface area contributed by atoms with E-state index >= 15 is 0 Å². The smallest absolute Gasteiger partial charge is 0.119 e. The van der Waals surface area contributed by atoms with Gasteiger partial charge in [0.15, 0.2) is 0 Å². The molecule has 1 aliphatic rings. The van der Waals surface area contributed by atoms with Crippen LogP contribution in [0.5, 0.6) is 5.75 Å². The van der Waals surface area contributed by atoms with Crippen molar-refractivity contribution < 1.29 is 4.74 Å². The fraction of sp³-hybridized carbons (Fsp3) is 0.333. The number of benzene rings is 2. The number of hydrogen-bond acceptors (Lipinski definition) is 2. The number of nitrogens with one attached hydrogen (secondary N) is 1. The normalized spacial score (nSPS) is 14.2. The molecule has 1 saturated carbocycles. The minimum absolute atomic E-state index is 0.683. The minimum atomic E-state index is 0.683. The Hall–Kier alpha value is -1.51. The van der Waals surface area contributed by atoms with E-state index in [2.05, 4.69) is 23.5 Å². The molecule has 110 valence electrons. The van der Waals surface area contributed by atoms with E-state index in [1.165, 1.54) is 18.4 Å². The summed E-state index contributed by atoms with van der Waals surface area (Å²) in [7, 11) is 0. The van der Waals surface area contributed by atoms with Crippen LogP contribution in [0, 0.1) is 0 Å². The zero-order valence-electron chi connectivity index (χ0n) is 12.2. The molecule has 0 bridgehead atoms. The second-order valence-corrected chi connectivity index (χ2v) is 5.83. The highest BCUT2D eigenvalue weighted by Gasteiger charge is 2.20. The molecule has 0 aliphatic heterocycles. The van der Waals surface area contributed by atoms with Crippen LogP contribution >= 0.6 is 11.6 Å². The third-order valence-corrected chi connectivity index (χ3v) is 3.99. The molecule has 2 nitrogen and oxygen atoms in total. The van der Waals surface area contributed by atoms with Crippen molar-refractivity contribution in [3.8, 4) is 16.9 Å². The maximum Gasteiger partial charge on any atom is 0.119 e. The first-order valence-electron chi connectivity index (χ1n) is 7.51. The van der Waals surface area contributed by atoms with E-state index in [1.54, 1.807) is 0 Å². The predicted octanol–water partition coefficient (Wildman–Crippen LogP) is 4.66. The molecule has 0 radical (unpaired) electrons. The zero-order chi connectivity index (χ0) is 14.7. The summed E-state index contributed by atoms with van der Waals surface area (Å²) in [5, 5.41) is 4.31. The third-order valence-electron chi connectivity index (χ3n) is 3.68. The first-order valence-corrected chi connectivity index (χ1v) is 7.89. The summed E-state index contributed by atoms with van der Waals surface area (Å²) in [6.45, 7) is 3.57. The summed E-state index contributed by atoms with van der Waals surface area (Å²) in [5.41, 5.74) is 3.42. The van der Waals surface area contributed by atoms with Crippen LogP contribution in [0.4, 0.5) is 0 Å². The van der Waals surface area contributed by atoms with Gasteiger partial charge in [0.2, 0.25) is 0 Å². The molecule has 1 fully saturated rings. The molecule has 2 aromatic carbocycles. The minimum Gasteiger partial charge on any atom is -0.494 e. The molecule has 0 unspecified atom stereocenters. The number of hydrogen-bond donors (Lipinski definition) is 1. The van der Waals surface area contributed by atoms with Crippen molar-refractivity contribution in [2.45, 2.75) is 32.4 Å². The van der Waals surface area contributed by atoms with Gasteiger partial charge in [-0.15, -0.1) is 0 Å². The third kappa shape index (κ3) is 3.78. The second-order valence-electron chi connectivity index (χ2n) is 5.43. The lowest BCUT2D eigenvalue weighted by Gasteiger charge is -2.09. The van der Waals surface area contributed by atoms with E-state index in [1.807, 2.05) is 31.2 Å². The molecule has 0 aromatic heterocycles. The zero-order valence-corrected chi connectivity index (χ0v) is 13.0. The van der Waals surface area contributed by atoms with Crippen LogP contribution in [0.2, 0.25) is 5.02 Å². The van der Waals surface area contributed by atoms with Gasteiger partial charge in [0.25, 0.3) is 0 Å². The Labute approximate surface area is 131 Å². The van der Waals surface area contributed by atoms with Crippen LogP contribution in [0.1, 0.15) is 25.3 Å². The van der Waals surface area contributed by atoms with Gasteiger partial charge in [0.05, 0.1) is 6.61 Å². The van der Waals surface area contributed by atoms with E-state index < -0.39 is 0 Å². The molecule has 0 atom stereocenters. The standard InChI is InChI=1S/C18H20ClNO/c1-2-21-16-8-4-14(5-9-16)17-10-3-13(11-18(17)19)12-20-15-6-7-15/h3-5,8-11,15,20H,2,6-7,12H2,1H3. The van der Waals surface area contributed by atoms with E-state index in [4.69, 9.17) is 16.3 Å². The van der Waals surface area contributed by atoms with Gasteiger partial charge in [0.1, 0.15) is 5.75 Å². The molecular formula is C18H20ClNO. The van der Waals surface area contributed by atoms with E-state index in [0.29, 0.717) is 6.61 Å². The Morgan fingerprint density at radius 3 is 2.52 bits per heavy atom. The van der Waals surface area contributed by atoms with Gasteiger partial charge in [0, 0.05) is 23.2 Å². The number of ether oxygens (including phenoxy) is 1. The quantitative estimate of drug-likeness (QED) is 0.838. The average Bonchev–Trinajstić information content (AvgIpc) is 3.31. The Bertz CT molecular complexity index is 605. The van der Waals surface area contributed by atoms with Crippen LogP contribution < -0.4 is 10.1 Å². The Morgan fingerprint density at radius 1 is 1.14 bits per heavy atom. The molecule has 1 aliphatic carbocycles. The summed E-state index contributed by atoms with van der Waals surface area (Å²) >= 11 is 6.44. The lowest BCUT2D eigenvalue weighted by atomic mass is 10.0. The van der Waals surface area contributed by atoms with E-state index in [-0.39, 0.29) is 0 Å². The molecule has 0 heterocycles. The first-order chi connectivity index (χ1) is 10.3. The monoisotopic (exact) mass is 301 g/mol. The Balaban J connectivity index is 1.74. The first kappa shape index (κ1) is 14.4. The van der Waals surface area contributed by atoms with Crippen molar-refractivity contribution in [2.75, 3.05) is 6.61 Å². The highest BCUT2D eigenvalue weighted by atomic mass is 35.5.